The van der Waals surface area contributed by atoms with E-state index in [0.29, 0.717) is 0 Å². The number of para-hydroxylation sites is 2. The van der Waals surface area contributed by atoms with E-state index in [9.17, 15) is 0 Å². The van der Waals surface area contributed by atoms with E-state index in [2.05, 4.69) is 5.32 Å². The number of hydrogen-bond donors (Lipinski definition) is 0. The zero-order chi connectivity index (χ0) is 19.5. The Kier molecular flexibility index (Phi) is 18.2. The summed E-state index contributed by atoms with van der Waals surface area (Å²) in [6, 6.07) is 19.9. The van der Waals surface area contributed by atoms with Crippen LogP contribution in [-0.2, 0) is 14.2 Å². The summed E-state index contributed by atoms with van der Waals surface area (Å²) in [4.78, 5) is 0. The third-order valence-electron chi connectivity index (χ3n) is 4.25. The minimum Gasteiger partial charge on any atom is -0.658 e. The van der Waals surface area contributed by atoms with Crippen LogP contribution in [0.2, 0.25) is 0 Å². The van der Waals surface area contributed by atoms with Gasteiger partial charge in [-0.05, 0) is 38.5 Å². The van der Waals surface area contributed by atoms with Crippen molar-refractivity contribution in [3.05, 3.63) is 66.0 Å². The smallest absolute Gasteiger partial charge is 0.658 e. The van der Waals surface area contributed by atoms with E-state index in [1.165, 1.54) is 38.5 Å². The SMILES string of the molecule is C1CCOC1.C1CCOC1.C1CCOC1.[K+].c1ccc([N-]c2ccccc2)cc1. The second-order valence-electron chi connectivity index (χ2n) is 6.74. The van der Waals surface area contributed by atoms with E-state index in [1.807, 2.05) is 60.7 Å². The van der Waals surface area contributed by atoms with Crippen molar-refractivity contribution in [3.8, 4) is 0 Å². The standard InChI is InChI=1S/C12H10N.3C4H8O.K/c1-3-7-11(8-4-1)13-12-9-5-2-6-10-12;3*1-2-4-5-3-1;/h1-10H;3*1-4H2;/q-1;;;;+1. The van der Waals surface area contributed by atoms with Crippen LogP contribution in [0.5, 0.6) is 0 Å². The number of ether oxygens (including phenoxy) is 3. The molecule has 0 radical (unpaired) electrons. The van der Waals surface area contributed by atoms with Crippen LogP contribution in [-0.4, -0.2) is 39.6 Å². The van der Waals surface area contributed by atoms with Crippen LogP contribution in [0, 0.1) is 0 Å². The molecule has 5 heteroatoms. The van der Waals surface area contributed by atoms with Gasteiger partial charge in [-0.2, -0.15) is 0 Å². The Hall–Kier alpha value is -0.244. The first-order valence-electron chi connectivity index (χ1n) is 10.5. The second-order valence-corrected chi connectivity index (χ2v) is 6.74. The fourth-order valence-electron chi connectivity index (χ4n) is 2.69. The van der Waals surface area contributed by atoms with Crippen LogP contribution in [0.3, 0.4) is 0 Å². The fourth-order valence-corrected chi connectivity index (χ4v) is 2.69. The van der Waals surface area contributed by atoms with Gasteiger partial charge in [-0.25, -0.2) is 0 Å². The molecule has 0 saturated carbocycles. The van der Waals surface area contributed by atoms with Gasteiger partial charge >= 0.3 is 51.4 Å². The molecule has 3 fully saturated rings. The normalized spacial score (nSPS) is 16.7. The molecule has 154 valence electrons. The van der Waals surface area contributed by atoms with Crippen molar-refractivity contribution in [1.82, 2.24) is 0 Å². The Bertz CT molecular complexity index is 487. The molecule has 0 aromatic heterocycles. The van der Waals surface area contributed by atoms with E-state index in [4.69, 9.17) is 14.2 Å². The van der Waals surface area contributed by atoms with Gasteiger partial charge in [0, 0.05) is 39.6 Å². The molecule has 3 heterocycles. The molecule has 0 atom stereocenters. The Morgan fingerprint density at radius 3 is 0.931 bits per heavy atom. The van der Waals surface area contributed by atoms with E-state index < -0.39 is 0 Å². The van der Waals surface area contributed by atoms with Crippen LogP contribution in [0.4, 0.5) is 11.4 Å². The van der Waals surface area contributed by atoms with Gasteiger partial charge in [0.1, 0.15) is 0 Å². The van der Waals surface area contributed by atoms with Crippen molar-refractivity contribution >= 4 is 11.4 Å². The minimum absolute atomic E-state index is 0. The molecule has 29 heavy (non-hydrogen) atoms. The zero-order valence-corrected chi connectivity index (χ0v) is 21.1. The largest absolute Gasteiger partial charge is 1.00 e. The summed E-state index contributed by atoms with van der Waals surface area (Å²) in [5, 5.41) is 4.44. The van der Waals surface area contributed by atoms with Crippen LogP contribution < -0.4 is 51.4 Å². The topological polar surface area (TPSA) is 41.8 Å². The van der Waals surface area contributed by atoms with E-state index >= 15 is 0 Å². The first-order chi connectivity index (χ1) is 13.9. The van der Waals surface area contributed by atoms with Crippen molar-refractivity contribution in [2.75, 3.05) is 39.6 Å². The average molecular weight is 424 g/mol. The summed E-state index contributed by atoms with van der Waals surface area (Å²) < 4.78 is 14.8. The first-order valence-corrected chi connectivity index (χ1v) is 10.5. The zero-order valence-electron chi connectivity index (χ0n) is 17.9. The summed E-state index contributed by atoms with van der Waals surface area (Å²) >= 11 is 0. The predicted molar refractivity (Wildman–Crippen MR) is 116 cm³/mol. The van der Waals surface area contributed by atoms with Crippen LogP contribution >= 0.6 is 0 Å². The molecule has 0 aliphatic carbocycles. The average Bonchev–Trinajstić information content (AvgIpc) is 3.57. The number of hydrogen-bond acceptors (Lipinski definition) is 3. The quantitative estimate of drug-likeness (QED) is 0.695. The van der Waals surface area contributed by atoms with E-state index in [0.717, 1.165) is 51.0 Å². The third-order valence-corrected chi connectivity index (χ3v) is 4.25. The van der Waals surface area contributed by atoms with Gasteiger partial charge in [-0.3, -0.25) is 0 Å². The summed E-state index contributed by atoms with van der Waals surface area (Å²) in [5.41, 5.74) is 1.99. The maximum Gasteiger partial charge on any atom is 1.00 e. The van der Waals surface area contributed by atoms with Gasteiger partial charge in [-0.1, -0.05) is 60.7 Å². The second kappa shape index (κ2) is 19.7. The summed E-state index contributed by atoms with van der Waals surface area (Å²) in [6.45, 7) is 6.00. The van der Waals surface area contributed by atoms with E-state index in [-0.39, 0.29) is 51.4 Å². The van der Waals surface area contributed by atoms with Crippen molar-refractivity contribution in [1.29, 1.82) is 0 Å². The summed E-state index contributed by atoms with van der Waals surface area (Å²) in [6.07, 6.45) is 7.67. The van der Waals surface area contributed by atoms with Gasteiger partial charge in [-0.15, -0.1) is 11.4 Å². The van der Waals surface area contributed by atoms with Gasteiger partial charge < -0.3 is 19.5 Å². The molecule has 2 aromatic rings. The molecule has 0 unspecified atom stereocenters. The molecular weight excluding hydrogens is 389 g/mol. The molecule has 3 saturated heterocycles. The number of rotatable bonds is 2. The Morgan fingerprint density at radius 2 is 0.724 bits per heavy atom. The van der Waals surface area contributed by atoms with Gasteiger partial charge in [0.2, 0.25) is 0 Å². The van der Waals surface area contributed by atoms with Crippen molar-refractivity contribution in [3.63, 3.8) is 0 Å². The molecular formula is C24H34KNO3. The molecule has 3 aliphatic heterocycles. The Labute approximate surface area is 219 Å². The molecule has 0 amide bonds. The van der Waals surface area contributed by atoms with Gasteiger partial charge in [0.05, 0.1) is 0 Å². The molecule has 5 rings (SSSR count). The molecule has 0 bridgehead atoms. The summed E-state index contributed by atoms with van der Waals surface area (Å²) in [5.74, 6) is 0. The monoisotopic (exact) mass is 423 g/mol. The summed E-state index contributed by atoms with van der Waals surface area (Å²) in [7, 11) is 0. The van der Waals surface area contributed by atoms with Crippen molar-refractivity contribution in [2.45, 2.75) is 38.5 Å². The predicted octanol–water partition coefficient (Wildman–Crippen LogP) is 3.42. The maximum absolute atomic E-state index is 4.94. The first kappa shape index (κ1) is 26.8. The molecule has 0 N–H and O–H groups in total. The number of benzene rings is 2. The Balaban J connectivity index is 0.000000217. The van der Waals surface area contributed by atoms with Crippen molar-refractivity contribution < 1.29 is 65.6 Å². The van der Waals surface area contributed by atoms with Crippen molar-refractivity contribution in [2.24, 2.45) is 0 Å². The molecule has 0 spiro atoms. The molecule has 4 nitrogen and oxygen atoms in total. The molecule has 2 aromatic carbocycles. The third kappa shape index (κ3) is 15.2. The van der Waals surface area contributed by atoms with Crippen LogP contribution in [0.25, 0.3) is 5.32 Å². The maximum atomic E-state index is 4.94. The van der Waals surface area contributed by atoms with Gasteiger partial charge in [0.25, 0.3) is 0 Å². The minimum atomic E-state index is 0. The van der Waals surface area contributed by atoms with Crippen LogP contribution in [0.15, 0.2) is 60.7 Å². The van der Waals surface area contributed by atoms with E-state index in [1.54, 1.807) is 0 Å². The molecule has 3 aliphatic rings. The van der Waals surface area contributed by atoms with Gasteiger partial charge in [0.15, 0.2) is 0 Å². The van der Waals surface area contributed by atoms with Crippen LogP contribution in [0.1, 0.15) is 38.5 Å². The Morgan fingerprint density at radius 1 is 0.448 bits per heavy atom. The number of nitrogens with zero attached hydrogens (tertiary/aromatic N) is 1. The fraction of sp³-hybridized carbons (Fsp3) is 0.500.